The number of nitrogens with one attached hydrogen (secondary N) is 2. The molecule has 0 radical (unpaired) electrons. The molecule has 0 saturated carbocycles. The van der Waals surface area contributed by atoms with Crippen LogP contribution in [-0.4, -0.2) is 23.6 Å². The van der Waals surface area contributed by atoms with Crippen LogP contribution in [0.25, 0.3) is 0 Å². The lowest BCUT2D eigenvalue weighted by atomic mass is 10.3. The molecule has 112 valence electrons. The Hall–Kier alpha value is -2.57. The maximum atomic E-state index is 13.6. The highest BCUT2D eigenvalue weighted by Gasteiger charge is 2.06. The molecule has 0 spiro atoms. The number of anilines is 4. The van der Waals surface area contributed by atoms with Gasteiger partial charge in [-0.25, -0.2) is 4.39 Å². The van der Waals surface area contributed by atoms with E-state index < -0.39 is 5.82 Å². The van der Waals surface area contributed by atoms with E-state index in [-0.39, 0.29) is 11.7 Å². The van der Waals surface area contributed by atoms with Gasteiger partial charge in [0.25, 0.3) is 0 Å². The van der Waals surface area contributed by atoms with Gasteiger partial charge < -0.3 is 21.1 Å². The van der Waals surface area contributed by atoms with Crippen molar-refractivity contribution in [3.63, 3.8) is 0 Å². The number of methoxy groups -OCH3 is 1. The van der Waals surface area contributed by atoms with Crippen LogP contribution in [0.4, 0.5) is 27.7 Å². The molecular formula is C14H18FN5O. The van der Waals surface area contributed by atoms with Gasteiger partial charge in [-0.1, -0.05) is 6.92 Å². The third kappa shape index (κ3) is 3.95. The molecule has 0 atom stereocenters. The zero-order chi connectivity index (χ0) is 15.2. The first-order valence-corrected chi connectivity index (χ1v) is 6.61. The van der Waals surface area contributed by atoms with Crippen LogP contribution in [-0.2, 0) is 0 Å². The maximum absolute atomic E-state index is 13.6. The molecule has 1 aromatic carbocycles. The summed E-state index contributed by atoms with van der Waals surface area (Å²) < 4.78 is 18.5. The zero-order valence-corrected chi connectivity index (χ0v) is 12.0. The average molecular weight is 291 g/mol. The second-order valence-corrected chi connectivity index (χ2v) is 4.40. The average Bonchev–Trinajstić information content (AvgIpc) is 2.45. The van der Waals surface area contributed by atoms with Gasteiger partial charge in [0.1, 0.15) is 11.6 Å². The Morgan fingerprint density at radius 2 is 2.00 bits per heavy atom. The summed E-state index contributed by atoms with van der Waals surface area (Å²) in [5.74, 6) is 1.00. The first-order chi connectivity index (χ1) is 10.1. The van der Waals surface area contributed by atoms with Crippen LogP contribution >= 0.6 is 0 Å². The van der Waals surface area contributed by atoms with Gasteiger partial charge in [-0.3, -0.25) is 0 Å². The molecule has 0 aliphatic rings. The van der Waals surface area contributed by atoms with E-state index in [2.05, 4.69) is 27.5 Å². The number of rotatable bonds is 6. The number of aromatic nitrogens is 2. The molecule has 7 heteroatoms. The molecule has 6 nitrogen and oxygen atoms in total. The van der Waals surface area contributed by atoms with E-state index in [0.717, 1.165) is 13.0 Å². The second kappa shape index (κ2) is 6.74. The van der Waals surface area contributed by atoms with Gasteiger partial charge in [0.2, 0.25) is 5.95 Å². The number of nitrogen functional groups attached to an aromatic ring is 1. The number of benzene rings is 1. The first kappa shape index (κ1) is 14.8. The molecule has 0 aliphatic heterocycles. The number of nitrogens with zero attached hydrogens (tertiary/aromatic N) is 2. The van der Waals surface area contributed by atoms with Crippen LogP contribution in [0, 0.1) is 5.82 Å². The summed E-state index contributed by atoms with van der Waals surface area (Å²) in [7, 11) is 1.42. The summed E-state index contributed by atoms with van der Waals surface area (Å²) in [6.45, 7) is 2.84. The van der Waals surface area contributed by atoms with Crippen molar-refractivity contribution < 1.29 is 9.13 Å². The summed E-state index contributed by atoms with van der Waals surface area (Å²) in [5, 5.41) is 6.11. The molecule has 1 heterocycles. The second-order valence-electron chi connectivity index (χ2n) is 4.40. The van der Waals surface area contributed by atoms with E-state index in [0.29, 0.717) is 17.3 Å². The van der Waals surface area contributed by atoms with Crippen LogP contribution in [0.15, 0.2) is 24.3 Å². The van der Waals surface area contributed by atoms with Gasteiger partial charge in [0, 0.05) is 24.4 Å². The lowest BCUT2D eigenvalue weighted by Gasteiger charge is -2.10. The lowest BCUT2D eigenvalue weighted by Crippen LogP contribution is -2.06. The number of ether oxygens (including phenoxy) is 1. The van der Waals surface area contributed by atoms with Crippen LogP contribution in [0.2, 0.25) is 0 Å². The monoisotopic (exact) mass is 291 g/mol. The van der Waals surface area contributed by atoms with E-state index in [9.17, 15) is 4.39 Å². The Kier molecular flexibility index (Phi) is 4.76. The van der Waals surface area contributed by atoms with E-state index in [1.54, 1.807) is 18.2 Å². The van der Waals surface area contributed by atoms with Gasteiger partial charge in [-0.15, -0.1) is 0 Å². The van der Waals surface area contributed by atoms with E-state index >= 15 is 0 Å². The van der Waals surface area contributed by atoms with Crippen molar-refractivity contribution in [3.8, 4) is 5.75 Å². The fourth-order valence-electron chi connectivity index (χ4n) is 1.77. The lowest BCUT2D eigenvalue weighted by molar-refractivity contribution is 0.386. The van der Waals surface area contributed by atoms with Crippen molar-refractivity contribution in [2.75, 3.05) is 30.0 Å². The van der Waals surface area contributed by atoms with Gasteiger partial charge in [0.15, 0.2) is 11.6 Å². The predicted molar refractivity (Wildman–Crippen MR) is 81.5 cm³/mol. The molecule has 21 heavy (non-hydrogen) atoms. The third-order valence-electron chi connectivity index (χ3n) is 2.72. The summed E-state index contributed by atoms with van der Waals surface area (Å²) in [5.41, 5.74) is 6.21. The van der Waals surface area contributed by atoms with Crippen molar-refractivity contribution in [3.05, 3.63) is 30.1 Å². The van der Waals surface area contributed by atoms with E-state index in [1.807, 2.05) is 0 Å². The topological polar surface area (TPSA) is 85.1 Å². The number of halogens is 1. The van der Waals surface area contributed by atoms with Crippen LogP contribution in [0.5, 0.6) is 5.75 Å². The van der Waals surface area contributed by atoms with Crippen molar-refractivity contribution in [1.29, 1.82) is 0 Å². The molecule has 4 N–H and O–H groups in total. The Labute approximate surface area is 122 Å². The Balaban J connectivity index is 2.18. The fraction of sp³-hybridized carbons (Fsp3) is 0.286. The van der Waals surface area contributed by atoms with Crippen molar-refractivity contribution in [1.82, 2.24) is 9.97 Å². The SMILES string of the molecule is CCCNc1cc(Nc2ccc(OC)c(F)c2)nc(N)n1. The van der Waals surface area contributed by atoms with Crippen LogP contribution in [0.3, 0.4) is 0 Å². The quantitative estimate of drug-likeness (QED) is 0.759. The standard InChI is InChI=1S/C14H18FN5O/c1-3-6-17-12-8-13(20-14(16)19-12)18-9-4-5-11(21-2)10(15)7-9/h4-5,7-8H,3,6H2,1-2H3,(H4,16,17,18,19,20). The van der Waals surface area contributed by atoms with Crippen LogP contribution in [0.1, 0.15) is 13.3 Å². The van der Waals surface area contributed by atoms with Crippen molar-refractivity contribution in [2.45, 2.75) is 13.3 Å². The minimum absolute atomic E-state index is 0.146. The number of hydrogen-bond acceptors (Lipinski definition) is 6. The molecule has 0 amide bonds. The Morgan fingerprint density at radius 1 is 1.24 bits per heavy atom. The highest BCUT2D eigenvalue weighted by molar-refractivity contribution is 5.61. The molecule has 0 aliphatic carbocycles. The largest absolute Gasteiger partial charge is 0.494 e. The van der Waals surface area contributed by atoms with Gasteiger partial charge >= 0.3 is 0 Å². The molecule has 2 aromatic rings. The first-order valence-electron chi connectivity index (χ1n) is 6.61. The molecule has 0 saturated heterocycles. The maximum Gasteiger partial charge on any atom is 0.223 e. The number of hydrogen-bond donors (Lipinski definition) is 3. The molecule has 0 unspecified atom stereocenters. The Bertz CT molecular complexity index is 620. The highest BCUT2D eigenvalue weighted by Crippen LogP contribution is 2.23. The van der Waals surface area contributed by atoms with Gasteiger partial charge in [-0.05, 0) is 18.6 Å². The van der Waals surface area contributed by atoms with Gasteiger partial charge in [-0.2, -0.15) is 9.97 Å². The minimum Gasteiger partial charge on any atom is -0.494 e. The van der Waals surface area contributed by atoms with Crippen molar-refractivity contribution >= 4 is 23.3 Å². The minimum atomic E-state index is -0.450. The summed E-state index contributed by atoms with van der Waals surface area (Å²) in [4.78, 5) is 8.15. The molecular weight excluding hydrogens is 273 g/mol. The van der Waals surface area contributed by atoms with Crippen LogP contribution < -0.4 is 21.1 Å². The highest BCUT2D eigenvalue weighted by atomic mass is 19.1. The number of nitrogens with two attached hydrogens (primary N) is 1. The van der Waals surface area contributed by atoms with E-state index in [4.69, 9.17) is 10.5 Å². The normalized spacial score (nSPS) is 10.2. The Morgan fingerprint density at radius 3 is 2.67 bits per heavy atom. The fourth-order valence-corrected chi connectivity index (χ4v) is 1.77. The summed E-state index contributed by atoms with van der Waals surface area (Å²) in [6, 6.07) is 6.28. The van der Waals surface area contributed by atoms with E-state index in [1.165, 1.54) is 13.2 Å². The summed E-state index contributed by atoms with van der Waals surface area (Å²) in [6.07, 6.45) is 0.969. The zero-order valence-electron chi connectivity index (χ0n) is 12.0. The molecule has 0 fully saturated rings. The summed E-state index contributed by atoms with van der Waals surface area (Å²) >= 11 is 0. The van der Waals surface area contributed by atoms with Crippen molar-refractivity contribution in [2.24, 2.45) is 0 Å². The predicted octanol–water partition coefficient (Wildman–Crippen LogP) is 2.77. The third-order valence-corrected chi connectivity index (χ3v) is 2.72. The van der Waals surface area contributed by atoms with Gasteiger partial charge in [0.05, 0.1) is 7.11 Å². The molecule has 2 rings (SSSR count). The molecule has 1 aromatic heterocycles. The molecule has 0 bridgehead atoms. The smallest absolute Gasteiger partial charge is 0.223 e.